The highest BCUT2D eigenvalue weighted by Crippen LogP contribution is 2.51. The average molecular weight is 373 g/mol. The largest absolute Gasteiger partial charge is 0.366 e. The van der Waals surface area contributed by atoms with Crippen LogP contribution in [-0.2, 0) is 4.79 Å². The fourth-order valence-corrected chi connectivity index (χ4v) is 2.31. The van der Waals surface area contributed by atoms with Crippen LogP contribution in [0.25, 0.3) is 0 Å². The first kappa shape index (κ1) is 13.9. The monoisotopic (exact) mass is 371 g/mol. The van der Waals surface area contributed by atoms with Gasteiger partial charge in [-0.05, 0) is 0 Å². The van der Waals surface area contributed by atoms with Crippen molar-refractivity contribution in [2.75, 3.05) is 0 Å². The van der Waals surface area contributed by atoms with Crippen molar-refractivity contribution in [2.24, 2.45) is 5.73 Å². The van der Waals surface area contributed by atoms with E-state index in [1.54, 1.807) is 0 Å². The maximum Gasteiger partial charge on any atom is 0.313 e. The average Bonchev–Trinajstić information content (AvgIpc) is 2.12. The summed E-state index contributed by atoms with van der Waals surface area (Å²) in [5.41, 5.74) is 2.49. The summed E-state index contributed by atoms with van der Waals surface area (Å²) in [5, 5.41) is 0. The van der Waals surface area contributed by atoms with Gasteiger partial charge in [-0.2, -0.15) is 17.6 Å². The van der Waals surface area contributed by atoms with Crippen molar-refractivity contribution < 1.29 is 26.7 Å². The number of halogens is 7. The smallest absolute Gasteiger partial charge is 0.313 e. The molecule has 2 unspecified atom stereocenters. The van der Waals surface area contributed by atoms with E-state index in [1.165, 1.54) is 0 Å². The molecule has 0 radical (unpaired) electrons. The lowest BCUT2D eigenvalue weighted by atomic mass is 9.91. The number of amides is 1. The van der Waals surface area contributed by atoms with Gasteiger partial charge in [0, 0.05) is 0 Å². The van der Waals surface area contributed by atoms with Crippen LogP contribution in [0.15, 0.2) is 11.4 Å². The van der Waals surface area contributed by atoms with Crippen LogP contribution >= 0.6 is 31.9 Å². The highest BCUT2D eigenvalue weighted by Gasteiger charge is 2.64. The van der Waals surface area contributed by atoms with Crippen LogP contribution in [0.4, 0.5) is 22.0 Å². The number of primary amides is 1. The summed E-state index contributed by atoms with van der Waals surface area (Å²) < 4.78 is 66.1. The summed E-state index contributed by atoms with van der Waals surface area (Å²) in [4.78, 5) is 6.27. The zero-order chi connectivity index (χ0) is 12.9. The second-order valence-electron chi connectivity index (χ2n) is 3.10. The van der Waals surface area contributed by atoms with E-state index >= 15 is 0 Å². The molecule has 0 aromatic carbocycles. The summed E-state index contributed by atoms with van der Waals surface area (Å²) >= 11 is 4.57. The number of carbonyl (C=O) groups is 1. The molecule has 2 nitrogen and oxygen atoms in total. The molecule has 0 aromatic heterocycles. The van der Waals surface area contributed by atoms with E-state index in [0.29, 0.717) is 0 Å². The van der Waals surface area contributed by atoms with Crippen molar-refractivity contribution in [3.8, 4) is 0 Å². The second-order valence-corrected chi connectivity index (χ2v) is 5.08. The molecule has 0 fully saturated rings. The summed E-state index contributed by atoms with van der Waals surface area (Å²) in [7, 11) is 0. The lowest BCUT2D eigenvalue weighted by Crippen LogP contribution is -2.54. The molecule has 1 aliphatic carbocycles. The minimum absolute atomic E-state index is 1.91. The minimum Gasteiger partial charge on any atom is -0.366 e. The first-order valence-corrected chi connectivity index (χ1v) is 5.62. The quantitative estimate of drug-likeness (QED) is 0.557. The Kier molecular flexibility index (Phi) is 3.41. The number of alkyl halides is 6. The van der Waals surface area contributed by atoms with Gasteiger partial charge in [-0.3, -0.25) is 4.79 Å². The lowest BCUT2D eigenvalue weighted by molar-refractivity contribution is -0.120. The van der Waals surface area contributed by atoms with Gasteiger partial charge in [0.25, 0.3) is 11.8 Å². The molecule has 2 atom stereocenters. The molecule has 9 heteroatoms. The molecule has 0 saturated heterocycles. The number of rotatable bonds is 1. The minimum atomic E-state index is -4.22. The molecule has 0 heterocycles. The van der Waals surface area contributed by atoms with Gasteiger partial charge < -0.3 is 5.73 Å². The van der Waals surface area contributed by atoms with Gasteiger partial charge in [-0.25, -0.2) is 4.39 Å². The van der Waals surface area contributed by atoms with E-state index in [-0.39, 0.29) is 0 Å². The van der Waals surface area contributed by atoms with Crippen molar-refractivity contribution in [1.82, 2.24) is 0 Å². The van der Waals surface area contributed by atoms with Crippen LogP contribution < -0.4 is 5.73 Å². The molecule has 1 rings (SSSR count). The summed E-state index contributed by atoms with van der Waals surface area (Å²) in [6.45, 7) is 0. The fourth-order valence-electron chi connectivity index (χ4n) is 1.21. The van der Waals surface area contributed by atoms with Crippen LogP contribution in [0, 0.1) is 0 Å². The van der Waals surface area contributed by atoms with Gasteiger partial charge in [0.2, 0.25) is 0 Å². The highest BCUT2D eigenvalue weighted by atomic mass is 79.9. The Bertz CT molecular complexity index is 370. The molecular weight excluding hydrogens is 369 g/mol. The summed E-state index contributed by atoms with van der Waals surface area (Å²) in [6, 6.07) is 0. The first-order valence-electron chi connectivity index (χ1n) is 3.78. The third-order valence-corrected chi connectivity index (χ3v) is 4.96. The Morgan fingerprint density at radius 2 is 1.50 bits per heavy atom. The Morgan fingerprint density at radius 3 is 1.88 bits per heavy atom. The zero-order valence-corrected chi connectivity index (χ0v) is 10.5. The van der Waals surface area contributed by atoms with Crippen molar-refractivity contribution in [1.29, 1.82) is 0 Å². The highest BCUT2D eigenvalue weighted by molar-refractivity contribution is 9.12. The Hall–Kier alpha value is -0.180. The maximum absolute atomic E-state index is 13.3. The summed E-state index contributed by atoms with van der Waals surface area (Å²) in [5.74, 6) is -12.7. The number of nitrogens with two attached hydrogens (primary N) is 1. The molecule has 0 bridgehead atoms. The van der Waals surface area contributed by atoms with Crippen LogP contribution in [0.5, 0.6) is 0 Å². The first-order chi connectivity index (χ1) is 7.04. The molecule has 2 N–H and O–H groups in total. The van der Waals surface area contributed by atoms with E-state index in [9.17, 15) is 26.7 Å². The van der Waals surface area contributed by atoms with Crippen molar-refractivity contribution in [2.45, 2.75) is 21.5 Å². The van der Waals surface area contributed by atoms with Gasteiger partial charge >= 0.3 is 5.92 Å². The molecule has 1 aliphatic rings. The summed E-state index contributed by atoms with van der Waals surface area (Å²) in [6.07, 6.45) is 0. The van der Waals surface area contributed by atoms with E-state index in [2.05, 4.69) is 37.6 Å². The zero-order valence-electron chi connectivity index (χ0n) is 7.29. The molecule has 0 spiro atoms. The molecular formula is C7H4Br2F5NO. The van der Waals surface area contributed by atoms with E-state index < -0.39 is 38.8 Å². The standard InChI is InChI=1S/C7H4Br2F5NO/c8-2-3(9)7(13,14)4(10)1(5(15)16)6(2,11)12/h2-3H,(H2,15,16). The van der Waals surface area contributed by atoms with Gasteiger partial charge in [-0.15, -0.1) is 0 Å². The van der Waals surface area contributed by atoms with Gasteiger partial charge in [0.05, 0.1) is 0 Å². The Balaban J connectivity index is 3.50. The van der Waals surface area contributed by atoms with Gasteiger partial charge in [0.15, 0.2) is 5.83 Å². The maximum atomic E-state index is 13.3. The number of allylic oxidation sites excluding steroid dienone is 1. The molecule has 0 aromatic rings. The van der Waals surface area contributed by atoms with Gasteiger partial charge in [0.1, 0.15) is 15.2 Å². The third-order valence-electron chi connectivity index (χ3n) is 2.04. The van der Waals surface area contributed by atoms with Crippen LogP contribution in [-0.4, -0.2) is 27.4 Å². The normalized spacial score (nSPS) is 32.7. The van der Waals surface area contributed by atoms with Crippen molar-refractivity contribution in [3.05, 3.63) is 11.4 Å². The molecule has 92 valence electrons. The van der Waals surface area contributed by atoms with E-state index in [0.717, 1.165) is 0 Å². The predicted molar refractivity (Wildman–Crippen MR) is 52.7 cm³/mol. The predicted octanol–water partition coefficient (Wildman–Crippen LogP) is 2.51. The Labute approximate surface area is 103 Å². The van der Waals surface area contributed by atoms with Crippen LogP contribution in [0.2, 0.25) is 0 Å². The van der Waals surface area contributed by atoms with Gasteiger partial charge in [-0.1, -0.05) is 31.9 Å². The van der Waals surface area contributed by atoms with Crippen molar-refractivity contribution >= 4 is 37.8 Å². The van der Waals surface area contributed by atoms with E-state index in [1.807, 2.05) is 0 Å². The number of hydrogen-bond acceptors (Lipinski definition) is 1. The topological polar surface area (TPSA) is 43.1 Å². The second kappa shape index (κ2) is 3.94. The number of hydrogen-bond donors (Lipinski definition) is 1. The molecule has 16 heavy (non-hydrogen) atoms. The SMILES string of the molecule is NC(=O)C1=C(F)C(F)(F)C(Br)C(Br)C1(F)F. The number of carbonyl (C=O) groups excluding carboxylic acids is 1. The third kappa shape index (κ3) is 1.77. The molecule has 0 saturated carbocycles. The van der Waals surface area contributed by atoms with Crippen LogP contribution in [0.3, 0.4) is 0 Å². The van der Waals surface area contributed by atoms with E-state index in [4.69, 9.17) is 0 Å². The van der Waals surface area contributed by atoms with Crippen LogP contribution in [0.1, 0.15) is 0 Å². The molecule has 0 aliphatic heterocycles. The Morgan fingerprint density at radius 1 is 1.12 bits per heavy atom. The fraction of sp³-hybridized carbons (Fsp3) is 0.571. The lowest BCUT2D eigenvalue weighted by Gasteiger charge is -2.36. The van der Waals surface area contributed by atoms with Crippen molar-refractivity contribution in [3.63, 3.8) is 0 Å². The molecule has 1 amide bonds.